The molecule has 3 rings (SSSR count). The fourth-order valence-corrected chi connectivity index (χ4v) is 2.89. The highest BCUT2D eigenvalue weighted by atomic mass is 35.5. The van der Waals surface area contributed by atoms with Gasteiger partial charge in [-0.1, -0.05) is 12.1 Å². The third-order valence-corrected chi connectivity index (χ3v) is 3.95. The first-order valence-corrected chi connectivity index (χ1v) is 6.92. The monoisotopic (exact) mass is 276 g/mol. The minimum Gasteiger partial charge on any atom is -0.354 e. The molecule has 2 heterocycles. The standard InChI is InChI=1S/C14H17ClN4/c1-9-4-3-5-11-12(9)13(18-14(15)17-11)19-7-6-10(8-19)16-2/h3-5,10,16H,6-8H2,1-2H3/t10-/m0/s1. The van der Waals surface area contributed by atoms with E-state index in [1.165, 1.54) is 5.56 Å². The summed E-state index contributed by atoms with van der Waals surface area (Å²) >= 11 is 6.06. The van der Waals surface area contributed by atoms with Gasteiger partial charge in [0.2, 0.25) is 5.28 Å². The first-order chi connectivity index (χ1) is 9.19. The smallest absolute Gasteiger partial charge is 0.224 e. The van der Waals surface area contributed by atoms with Crippen molar-refractivity contribution in [3.05, 3.63) is 29.0 Å². The number of aromatic nitrogens is 2. The average Bonchev–Trinajstić information content (AvgIpc) is 2.86. The van der Waals surface area contributed by atoms with Gasteiger partial charge < -0.3 is 10.2 Å². The molecule has 1 saturated heterocycles. The molecule has 1 atom stereocenters. The van der Waals surface area contributed by atoms with Gasteiger partial charge in [-0.25, -0.2) is 4.98 Å². The molecule has 1 aromatic carbocycles. The summed E-state index contributed by atoms with van der Waals surface area (Å²) in [6.07, 6.45) is 1.13. The lowest BCUT2D eigenvalue weighted by molar-refractivity contribution is 0.616. The van der Waals surface area contributed by atoms with Crippen LogP contribution in [0.3, 0.4) is 0 Å². The van der Waals surface area contributed by atoms with Crippen LogP contribution in [0.25, 0.3) is 10.9 Å². The van der Waals surface area contributed by atoms with E-state index >= 15 is 0 Å². The zero-order valence-electron chi connectivity index (χ0n) is 11.2. The number of fused-ring (bicyclic) bond motifs is 1. The number of nitrogens with zero attached hydrogens (tertiary/aromatic N) is 3. The summed E-state index contributed by atoms with van der Waals surface area (Å²) in [5.41, 5.74) is 2.11. The molecule has 1 aliphatic rings. The van der Waals surface area contributed by atoms with Crippen molar-refractivity contribution < 1.29 is 0 Å². The molecule has 0 amide bonds. The third kappa shape index (κ3) is 2.26. The Labute approximate surface area is 117 Å². The Hall–Kier alpha value is -1.39. The van der Waals surface area contributed by atoms with E-state index < -0.39 is 0 Å². The normalized spacial score (nSPS) is 19.3. The minimum absolute atomic E-state index is 0.320. The lowest BCUT2D eigenvalue weighted by atomic mass is 10.1. The first kappa shape index (κ1) is 12.6. The van der Waals surface area contributed by atoms with Crippen LogP contribution >= 0.6 is 11.6 Å². The summed E-state index contributed by atoms with van der Waals surface area (Å²) in [6, 6.07) is 6.61. The van der Waals surface area contributed by atoms with Crippen molar-refractivity contribution in [2.24, 2.45) is 0 Å². The Morgan fingerprint density at radius 1 is 1.37 bits per heavy atom. The maximum absolute atomic E-state index is 6.06. The Balaban J connectivity index is 2.12. The van der Waals surface area contributed by atoms with E-state index in [4.69, 9.17) is 11.6 Å². The summed E-state index contributed by atoms with van der Waals surface area (Å²) in [7, 11) is 2.00. The molecule has 0 bridgehead atoms. The molecule has 0 aliphatic carbocycles. The Bertz CT molecular complexity index is 614. The van der Waals surface area contributed by atoms with Crippen LogP contribution in [0.2, 0.25) is 5.28 Å². The van der Waals surface area contributed by atoms with Gasteiger partial charge in [-0.2, -0.15) is 4.98 Å². The van der Waals surface area contributed by atoms with Crippen molar-refractivity contribution in [1.82, 2.24) is 15.3 Å². The lowest BCUT2D eigenvalue weighted by Crippen LogP contribution is -2.30. The number of nitrogens with one attached hydrogen (secondary N) is 1. The van der Waals surface area contributed by atoms with Gasteiger partial charge in [0.1, 0.15) is 5.82 Å². The Morgan fingerprint density at radius 2 is 2.21 bits per heavy atom. The van der Waals surface area contributed by atoms with Gasteiger partial charge in [0, 0.05) is 24.5 Å². The second-order valence-corrected chi connectivity index (χ2v) is 5.34. The predicted octanol–water partition coefficient (Wildman–Crippen LogP) is 2.39. The summed E-state index contributed by atoms with van der Waals surface area (Å²) < 4.78 is 0. The number of rotatable bonds is 2. The van der Waals surface area contributed by atoms with Gasteiger partial charge in [-0.05, 0) is 43.6 Å². The van der Waals surface area contributed by atoms with E-state index in [9.17, 15) is 0 Å². The molecule has 1 N–H and O–H groups in total. The fourth-order valence-electron chi connectivity index (χ4n) is 2.72. The molecule has 2 aromatic rings. The van der Waals surface area contributed by atoms with Gasteiger partial charge in [0.25, 0.3) is 0 Å². The van der Waals surface area contributed by atoms with Crippen LogP contribution in [0.4, 0.5) is 5.82 Å². The zero-order valence-corrected chi connectivity index (χ0v) is 11.9. The number of anilines is 1. The second kappa shape index (κ2) is 4.94. The average molecular weight is 277 g/mol. The van der Waals surface area contributed by atoms with Crippen LogP contribution in [0.1, 0.15) is 12.0 Å². The van der Waals surface area contributed by atoms with Crippen LogP contribution in [0.15, 0.2) is 18.2 Å². The lowest BCUT2D eigenvalue weighted by Gasteiger charge is -2.20. The van der Waals surface area contributed by atoms with Crippen molar-refractivity contribution >= 4 is 28.3 Å². The van der Waals surface area contributed by atoms with Gasteiger partial charge in [0.15, 0.2) is 0 Å². The summed E-state index contributed by atoms with van der Waals surface area (Å²) in [4.78, 5) is 11.1. The second-order valence-electron chi connectivity index (χ2n) is 5.01. The number of benzene rings is 1. The topological polar surface area (TPSA) is 41.0 Å². The minimum atomic E-state index is 0.320. The quantitative estimate of drug-likeness (QED) is 0.855. The van der Waals surface area contributed by atoms with Crippen LogP contribution in [-0.4, -0.2) is 36.1 Å². The predicted molar refractivity (Wildman–Crippen MR) is 79.0 cm³/mol. The number of hydrogen-bond acceptors (Lipinski definition) is 4. The number of aryl methyl sites for hydroxylation is 1. The Kier molecular flexibility index (Phi) is 3.29. The van der Waals surface area contributed by atoms with Gasteiger partial charge >= 0.3 is 0 Å². The van der Waals surface area contributed by atoms with Gasteiger partial charge in [0.05, 0.1) is 5.52 Å². The van der Waals surface area contributed by atoms with Crippen LogP contribution < -0.4 is 10.2 Å². The van der Waals surface area contributed by atoms with E-state index in [1.807, 2.05) is 19.2 Å². The largest absolute Gasteiger partial charge is 0.354 e. The van der Waals surface area contributed by atoms with E-state index in [2.05, 4.69) is 33.2 Å². The summed E-state index contributed by atoms with van der Waals surface area (Å²) in [5.74, 6) is 0.964. The van der Waals surface area contributed by atoms with Crippen LogP contribution in [0, 0.1) is 6.92 Å². The highest BCUT2D eigenvalue weighted by Gasteiger charge is 2.24. The molecule has 0 saturated carbocycles. The SMILES string of the molecule is CN[C@H]1CCN(c2nc(Cl)nc3cccc(C)c23)C1. The molecule has 0 unspecified atom stereocenters. The van der Waals surface area contributed by atoms with E-state index in [-0.39, 0.29) is 0 Å². The third-order valence-electron chi connectivity index (χ3n) is 3.78. The Morgan fingerprint density at radius 3 is 2.95 bits per heavy atom. The van der Waals surface area contributed by atoms with E-state index in [0.717, 1.165) is 36.2 Å². The van der Waals surface area contributed by atoms with Crippen molar-refractivity contribution in [2.45, 2.75) is 19.4 Å². The molecule has 1 aliphatic heterocycles. The molecular formula is C14H17ClN4. The van der Waals surface area contributed by atoms with Crippen LogP contribution in [0.5, 0.6) is 0 Å². The van der Waals surface area contributed by atoms with Crippen molar-refractivity contribution in [1.29, 1.82) is 0 Å². The fraction of sp³-hybridized carbons (Fsp3) is 0.429. The maximum Gasteiger partial charge on any atom is 0.224 e. The number of halogens is 1. The number of likely N-dealkylation sites (N-methyl/N-ethyl adjacent to an activating group) is 1. The summed E-state index contributed by atoms with van der Waals surface area (Å²) in [6.45, 7) is 4.06. The maximum atomic E-state index is 6.06. The van der Waals surface area contributed by atoms with E-state index in [0.29, 0.717) is 11.3 Å². The summed E-state index contributed by atoms with van der Waals surface area (Å²) in [5, 5.41) is 4.76. The molecule has 1 aromatic heterocycles. The highest BCUT2D eigenvalue weighted by molar-refractivity contribution is 6.28. The van der Waals surface area contributed by atoms with E-state index in [1.54, 1.807) is 0 Å². The molecular weight excluding hydrogens is 260 g/mol. The molecule has 1 fully saturated rings. The highest BCUT2D eigenvalue weighted by Crippen LogP contribution is 2.30. The van der Waals surface area contributed by atoms with Crippen molar-refractivity contribution in [3.63, 3.8) is 0 Å². The van der Waals surface area contributed by atoms with Crippen molar-refractivity contribution in [3.8, 4) is 0 Å². The zero-order chi connectivity index (χ0) is 13.4. The van der Waals surface area contributed by atoms with Crippen molar-refractivity contribution in [2.75, 3.05) is 25.0 Å². The molecule has 0 spiro atoms. The number of hydrogen-bond donors (Lipinski definition) is 1. The molecule has 5 heteroatoms. The molecule has 19 heavy (non-hydrogen) atoms. The van der Waals surface area contributed by atoms with Gasteiger partial charge in [-0.15, -0.1) is 0 Å². The molecule has 100 valence electrons. The van der Waals surface area contributed by atoms with Crippen LogP contribution in [-0.2, 0) is 0 Å². The molecule has 0 radical (unpaired) electrons. The molecule has 4 nitrogen and oxygen atoms in total. The first-order valence-electron chi connectivity index (χ1n) is 6.54. The van der Waals surface area contributed by atoms with Gasteiger partial charge in [-0.3, -0.25) is 0 Å².